The summed E-state index contributed by atoms with van der Waals surface area (Å²) in [5.41, 5.74) is 4.10. The summed E-state index contributed by atoms with van der Waals surface area (Å²) >= 11 is 0. The van der Waals surface area contributed by atoms with Crippen molar-refractivity contribution in [3.63, 3.8) is 0 Å². The van der Waals surface area contributed by atoms with Gasteiger partial charge in [-0.05, 0) is 60.2 Å². The Morgan fingerprint density at radius 1 is 0.929 bits per heavy atom. The smallest absolute Gasteiger partial charge is 0.246 e. The first-order valence-corrected chi connectivity index (χ1v) is 9.66. The highest BCUT2D eigenvalue weighted by atomic mass is 19.1. The predicted molar refractivity (Wildman–Crippen MR) is 109 cm³/mol. The standard InChI is InChI=1S/C24H23FN2O/c25-19-13-15-20(16-14-19)26-24(28)23(18-8-2-1-3-9-18)27-22-12-6-10-17-7-4-5-11-21(17)22/h1-5,7-9,11,13-16,22-23,27H,6,10,12H2,(H,26,28)/t22-,23-/m0/s1. The molecular weight excluding hydrogens is 351 g/mol. The van der Waals surface area contributed by atoms with Crippen LogP contribution in [0, 0.1) is 5.82 Å². The minimum absolute atomic E-state index is 0.120. The van der Waals surface area contributed by atoms with Crippen LogP contribution < -0.4 is 10.6 Å². The summed E-state index contributed by atoms with van der Waals surface area (Å²) in [5, 5.41) is 6.49. The van der Waals surface area contributed by atoms with E-state index in [2.05, 4.69) is 34.9 Å². The molecule has 0 aromatic heterocycles. The molecule has 1 aliphatic carbocycles. The summed E-state index contributed by atoms with van der Waals surface area (Å²) in [6.07, 6.45) is 3.16. The van der Waals surface area contributed by atoms with Crippen LogP contribution >= 0.6 is 0 Å². The molecule has 0 aliphatic heterocycles. The van der Waals surface area contributed by atoms with Crippen molar-refractivity contribution in [2.45, 2.75) is 31.3 Å². The second kappa shape index (κ2) is 8.36. The molecule has 3 aromatic rings. The van der Waals surface area contributed by atoms with Gasteiger partial charge < -0.3 is 5.32 Å². The Morgan fingerprint density at radius 3 is 2.43 bits per heavy atom. The van der Waals surface area contributed by atoms with Gasteiger partial charge in [-0.15, -0.1) is 0 Å². The SMILES string of the molecule is O=C(Nc1ccc(F)cc1)[C@@H](N[C@H]1CCCc2ccccc21)c1ccccc1. The van der Waals surface area contributed by atoms with Crippen LogP contribution in [0.2, 0.25) is 0 Å². The van der Waals surface area contributed by atoms with E-state index in [0.29, 0.717) is 5.69 Å². The van der Waals surface area contributed by atoms with Crippen LogP contribution in [0.4, 0.5) is 10.1 Å². The lowest BCUT2D eigenvalue weighted by atomic mass is 9.87. The average Bonchev–Trinajstić information content (AvgIpc) is 2.74. The number of halogens is 1. The number of hydrogen-bond donors (Lipinski definition) is 2. The van der Waals surface area contributed by atoms with Crippen LogP contribution in [-0.4, -0.2) is 5.91 Å². The highest BCUT2D eigenvalue weighted by Crippen LogP contribution is 2.32. The zero-order valence-electron chi connectivity index (χ0n) is 15.6. The lowest BCUT2D eigenvalue weighted by Gasteiger charge is -2.30. The van der Waals surface area contributed by atoms with Crippen LogP contribution in [0.15, 0.2) is 78.9 Å². The van der Waals surface area contributed by atoms with Crippen LogP contribution in [0.1, 0.15) is 41.6 Å². The van der Waals surface area contributed by atoms with Crippen LogP contribution in [-0.2, 0) is 11.2 Å². The third-order valence-electron chi connectivity index (χ3n) is 5.24. The van der Waals surface area contributed by atoms with Crippen molar-refractivity contribution in [3.8, 4) is 0 Å². The van der Waals surface area contributed by atoms with E-state index in [4.69, 9.17) is 0 Å². The molecule has 0 radical (unpaired) electrons. The number of carbonyl (C=O) groups is 1. The van der Waals surface area contributed by atoms with Crippen molar-refractivity contribution in [2.24, 2.45) is 0 Å². The first-order valence-electron chi connectivity index (χ1n) is 9.66. The Labute approximate surface area is 164 Å². The first kappa shape index (κ1) is 18.4. The molecule has 0 unspecified atom stereocenters. The minimum Gasteiger partial charge on any atom is -0.324 e. The highest BCUT2D eigenvalue weighted by molar-refractivity contribution is 5.95. The molecule has 0 saturated heterocycles. The second-order valence-electron chi connectivity index (χ2n) is 7.15. The lowest BCUT2D eigenvalue weighted by Crippen LogP contribution is -2.36. The third-order valence-corrected chi connectivity index (χ3v) is 5.24. The maximum absolute atomic E-state index is 13.2. The quantitative estimate of drug-likeness (QED) is 0.647. The number of benzene rings is 3. The Kier molecular flexibility index (Phi) is 5.49. The number of aryl methyl sites for hydroxylation is 1. The van der Waals surface area contributed by atoms with E-state index in [1.165, 1.54) is 23.3 Å². The Hall–Kier alpha value is -2.98. The van der Waals surface area contributed by atoms with Crippen molar-refractivity contribution in [1.82, 2.24) is 5.32 Å². The molecule has 0 spiro atoms. The predicted octanol–water partition coefficient (Wildman–Crippen LogP) is 5.17. The summed E-state index contributed by atoms with van der Waals surface area (Å²) in [5.74, 6) is -0.476. The van der Waals surface area contributed by atoms with Gasteiger partial charge in [-0.3, -0.25) is 10.1 Å². The molecule has 1 aliphatic rings. The van der Waals surface area contributed by atoms with Gasteiger partial charge in [0.05, 0.1) is 0 Å². The van der Waals surface area contributed by atoms with Gasteiger partial charge in [0, 0.05) is 11.7 Å². The number of amides is 1. The van der Waals surface area contributed by atoms with Crippen LogP contribution in [0.5, 0.6) is 0 Å². The van der Waals surface area contributed by atoms with Crippen molar-refractivity contribution in [1.29, 1.82) is 0 Å². The van der Waals surface area contributed by atoms with E-state index < -0.39 is 6.04 Å². The number of fused-ring (bicyclic) bond motifs is 1. The summed E-state index contributed by atoms with van der Waals surface area (Å²) < 4.78 is 13.2. The van der Waals surface area contributed by atoms with E-state index in [1.807, 2.05) is 30.3 Å². The van der Waals surface area contributed by atoms with Gasteiger partial charge in [0.25, 0.3) is 0 Å². The largest absolute Gasteiger partial charge is 0.324 e. The lowest BCUT2D eigenvalue weighted by molar-refractivity contribution is -0.118. The number of hydrogen-bond acceptors (Lipinski definition) is 2. The second-order valence-corrected chi connectivity index (χ2v) is 7.15. The molecule has 0 fully saturated rings. The van der Waals surface area contributed by atoms with E-state index in [9.17, 15) is 9.18 Å². The molecule has 0 bridgehead atoms. The van der Waals surface area contributed by atoms with Crippen molar-refractivity contribution >= 4 is 11.6 Å². The molecule has 2 N–H and O–H groups in total. The van der Waals surface area contributed by atoms with Gasteiger partial charge in [0.15, 0.2) is 0 Å². The topological polar surface area (TPSA) is 41.1 Å². The van der Waals surface area contributed by atoms with Gasteiger partial charge in [0.1, 0.15) is 11.9 Å². The van der Waals surface area contributed by atoms with E-state index in [-0.39, 0.29) is 17.8 Å². The Bertz CT molecular complexity index is 940. The monoisotopic (exact) mass is 374 g/mol. The molecule has 28 heavy (non-hydrogen) atoms. The molecule has 2 atom stereocenters. The molecule has 0 saturated carbocycles. The Balaban J connectivity index is 1.60. The number of nitrogens with one attached hydrogen (secondary N) is 2. The first-order chi connectivity index (χ1) is 13.7. The fourth-order valence-corrected chi connectivity index (χ4v) is 3.84. The average molecular weight is 374 g/mol. The Morgan fingerprint density at radius 2 is 1.64 bits per heavy atom. The maximum Gasteiger partial charge on any atom is 0.246 e. The van der Waals surface area contributed by atoms with Crippen LogP contribution in [0.3, 0.4) is 0 Å². The summed E-state index contributed by atoms with van der Waals surface area (Å²) in [7, 11) is 0. The molecule has 4 heteroatoms. The van der Waals surface area contributed by atoms with Crippen molar-refractivity contribution < 1.29 is 9.18 Å². The molecule has 0 heterocycles. The normalized spacial score (nSPS) is 16.8. The van der Waals surface area contributed by atoms with Gasteiger partial charge in [-0.1, -0.05) is 54.6 Å². The number of rotatable bonds is 5. The van der Waals surface area contributed by atoms with Crippen molar-refractivity contribution in [2.75, 3.05) is 5.32 Å². The highest BCUT2D eigenvalue weighted by Gasteiger charge is 2.27. The zero-order valence-corrected chi connectivity index (χ0v) is 15.6. The maximum atomic E-state index is 13.2. The number of carbonyl (C=O) groups excluding carboxylic acids is 1. The van der Waals surface area contributed by atoms with E-state index in [0.717, 1.165) is 24.8 Å². The van der Waals surface area contributed by atoms with Gasteiger partial charge in [-0.25, -0.2) is 4.39 Å². The van der Waals surface area contributed by atoms with Gasteiger partial charge >= 0.3 is 0 Å². The third kappa shape index (κ3) is 4.12. The minimum atomic E-state index is -0.498. The molecule has 3 nitrogen and oxygen atoms in total. The zero-order chi connectivity index (χ0) is 19.3. The van der Waals surface area contributed by atoms with Gasteiger partial charge in [0.2, 0.25) is 5.91 Å². The summed E-state index contributed by atoms with van der Waals surface area (Å²) in [6.45, 7) is 0. The molecule has 4 rings (SSSR count). The van der Waals surface area contributed by atoms with Gasteiger partial charge in [-0.2, -0.15) is 0 Å². The van der Waals surface area contributed by atoms with E-state index in [1.54, 1.807) is 12.1 Å². The number of anilines is 1. The van der Waals surface area contributed by atoms with Crippen molar-refractivity contribution in [3.05, 3.63) is 101 Å². The molecule has 3 aromatic carbocycles. The summed E-state index contributed by atoms with van der Waals surface area (Å²) in [6, 6.07) is 23.6. The molecule has 142 valence electrons. The fraction of sp³-hybridized carbons (Fsp3) is 0.208. The fourth-order valence-electron chi connectivity index (χ4n) is 3.84. The molecular formula is C24H23FN2O. The van der Waals surface area contributed by atoms with Crippen LogP contribution in [0.25, 0.3) is 0 Å². The summed E-state index contributed by atoms with van der Waals surface area (Å²) in [4.78, 5) is 13.1. The van der Waals surface area contributed by atoms with E-state index >= 15 is 0 Å². The molecule has 1 amide bonds.